The number of nitrogens with zero attached hydrogens (tertiary/aromatic N) is 1. The van der Waals surface area contributed by atoms with Gasteiger partial charge in [-0.1, -0.05) is 55.8 Å². The fourth-order valence-corrected chi connectivity index (χ4v) is 4.11. The molecule has 0 N–H and O–H groups in total. The van der Waals surface area contributed by atoms with E-state index in [1.807, 2.05) is 37.3 Å². The lowest BCUT2D eigenvalue weighted by atomic mass is 9.86. The normalized spacial score (nSPS) is 15.6. The molecule has 1 aliphatic rings. The summed E-state index contributed by atoms with van der Waals surface area (Å²) in [5.74, 6) is 1.11. The molecule has 0 bridgehead atoms. The molecule has 0 unspecified atom stereocenters. The van der Waals surface area contributed by atoms with Crippen molar-refractivity contribution in [3.8, 4) is 11.5 Å². The van der Waals surface area contributed by atoms with E-state index >= 15 is 0 Å². The van der Waals surface area contributed by atoms with Gasteiger partial charge in [0, 0.05) is 24.4 Å². The molecule has 5 heteroatoms. The number of methoxy groups -OCH3 is 2. The number of esters is 1. The first-order chi connectivity index (χ1) is 15.6. The van der Waals surface area contributed by atoms with Crippen LogP contribution in [-0.4, -0.2) is 38.2 Å². The van der Waals surface area contributed by atoms with Gasteiger partial charge in [-0.05, 0) is 43.0 Å². The van der Waals surface area contributed by atoms with Gasteiger partial charge in [-0.15, -0.1) is 0 Å². The summed E-state index contributed by atoms with van der Waals surface area (Å²) in [5, 5.41) is 0. The number of carbonyl (C=O) groups excluding carboxylic acids is 1. The number of benzene rings is 2. The fraction of sp³-hybridized carbons (Fsp3) is 0.370. The van der Waals surface area contributed by atoms with Gasteiger partial charge in [-0.2, -0.15) is 0 Å². The van der Waals surface area contributed by atoms with Gasteiger partial charge in [-0.25, -0.2) is 4.79 Å². The van der Waals surface area contributed by atoms with Crippen LogP contribution in [0.5, 0.6) is 11.5 Å². The zero-order chi connectivity index (χ0) is 22.9. The number of hydrogen-bond acceptors (Lipinski definition) is 5. The number of rotatable bonds is 10. The zero-order valence-electron chi connectivity index (χ0n) is 19.5. The summed E-state index contributed by atoms with van der Waals surface area (Å²) >= 11 is 0. The summed E-state index contributed by atoms with van der Waals surface area (Å²) in [5.41, 5.74) is 4.03. The van der Waals surface area contributed by atoms with Crippen molar-refractivity contribution in [2.45, 2.75) is 39.0 Å². The molecule has 0 aliphatic carbocycles. The monoisotopic (exact) mass is 435 g/mol. The summed E-state index contributed by atoms with van der Waals surface area (Å²) in [4.78, 5) is 15.3. The minimum absolute atomic E-state index is 0.103. The lowest BCUT2D eigenvalue weighted by molar-refractivity contribution is -0.139. The second-order valence-electron chi connectivity index (χ2n) is 7.69. The highest BCUT2D eigenvalue weighted by molar-refractivity contribution is 5.92. The van der Waals surface area contributed by atoms with Gasteiger partial charge in [0.2, 0.25) is 0 Å². The van der Waals surface area contributed by atoms with Crippen molar-refractivity contribution < 1.29 is 19.0 Å². The maximum atomic E-state index is 13.1. The van der Waals surface area contributed by atoms with E-state index in [1.165, 1.54) is 0 Å². The van der Waals surface area contributed by atoms with Crippen LogP contribution in [0.3, 0.4) is 0 Å². The first kappa shape index (κ1) is 23.5. The van der Waals surface area contributed by atoms with Crippen molar-refractivity contribution in [2.75, 3.05) is 27.4 Å². The van der Waals surface area contributed by atoms with Crippen LogP contribution < -0.4 is 9.47 Å². The Balaban J connectivity index is 1.91. The van der Waals surface area contributed by atoms with Crippen LogP contribution in [0, 0.1) is 0 Å². The Hall–Kier alpha value is -3.21. The van der Waals surface area contributed by atoms with Crippen LogP contribution in [-0.2, 0) is 16.0 Å². The van der Waals surface area contributed by atoms with Gasteiger partial charge in [-0.3, -0.25) is 0 Å². The zero-order valence-corrected chi connectivity index (χ0v) is 19.5. The molecule has 2 aromatic rings. The third kappa shape index (κ3) is 5.34. The Morgan fingerprint density at radius 3 is 2.38 bits per heavy atom. The van der Waals surface area contributed by atoms with Gasteiger partial charge in [0.05, 0.1) is 26.4 Å². The maximum Gasteiger partial charge on any atom is 0.336 e. The van der Waals surface area contributed by atoms with Crippen molar-refractivity contribution in [2.24, 2.45) is 0 Å². The lowest BCUT2D eigenvalue weighted by Crippen LogP contribution is -2.29. The molecule has 0 saturated heterocycles. The topological polar surface area (TPSA) is 48.0 Å². The largest absolute Gasteiger partial charge is 0.493 e. The van der Waals surface area contributed by atoms with E-state index in [0.29, 0.717) is 6.61 Å². The van der Waals surface area contributed by atoms with E-state index in [1.54, 1.807) is 14.2 Å². The summed E-state index contributed by atoms with van der Waals surface area (Å²) in [6.07, 6.45) is 6.79. The third-order valence-corrected chi connectivity index (χ3v) is 5.66. The van der Waals surface area contributed by atoms with Crippen molar-refractivity contribution in [3.63, 3.8) is 0 Å². The molecule has 0 fully saturated rings. The van der Waals surface area contributed by atoms with E-state index in [4.69, 9.17) is 14.2 Å². The molecule has 1 heterocycles. The fourth-order valence-electron chi connectivity index (χ4n) is 4.11. The molecular formula is C27H33NO4. The molecule has 32 heavy (non-hydrogen) atoms. The van der Waals surface area contributed by atoms with E-state index in [9.17, 15) is 4.79 Å². The van der Waals surface area contributed by atoms with Crippen molar-refractivity contribution in [1.29, 1.82) is 0 Å². The Kier molecular flexibility index (Phi) is 8.37. The molecule has 0 saturated carbocycles. The third-order valence-electron chi connectivity index (χ3n) is 5.66. The minimum atomic E-state index is -0.231. The molecule has 1 atom stereocenters. The molecule has 1 aliphatic heterocycles. The highest BCUT2D eigenvalue weighted by atomic mass is 16.5. The SMILES string of the molecule is CCCC1=C(C(=O)OCC)[C@H](c2ccccc2)C=CN1CCc1ccc(OC)c(OC)c1. The van der Waals surface area contributed by atoms with Gasteiger partial charge in [0.25, 0.3) is 0 Å². The number of hydrogen-bond donors (Lipinski definition) is 0. The van der Waals surface area contributed by atoms with Crippen LogP contribution in [0.15, 0.2) is 72.1 Å². The highest BCUT2D eigenvalue weighted by Crippen LogP contribution is 2.36. The minimum Gasteiger partial charge on any atom is -0.493 e. The average Bonchev–Trinajstić information content (AvgIpc) is 2.83. The predicted molar refractivity (Wildman–Crippen MR) is 127 cm³/mol. The Bertz CT molecular complexity index is 965. The summed E-state index contributed by atoms with van der Waals surface area (Å²) < 4.78 is 16.3. The molecule has 0 aromatic heterocycles. The van der Waals surface area contributed by atoms with Crippen molar-refractivity contribution in [3.05, 3.63) is 83.2 Å². The Morgan fingerprint density at radius 1 is 0.969 bits per heavy atom. The molecule has 170 valence electrons. The molecular weight excluding hydrogens is 402 g/mol. The predicted octanol–water partition coefficient (Wildman–Crippen LogP) is 5.48. The molecule has 3 rings (SSSR count). The van der Waals surface area contributed by atoms with E-state index < -0.39 is 0 Å². The number of ether oxygens (including phenoxy) is 3. The summed E-state index contributed by atoms with van der Waals surface area (Å²) in [7, 11) is 3.28. The maximum absolute atomic E-state index is 13.1. The van der Waals surface area contributed by atoms with Crippen molar-refractivity contribution in [1.82, 2.24) is 4.90 Å². The van der Waals surface area contributed by atoms with Gasteiger partial charge in [0.15, 0.2) is 11.5 Å². The number of allylic oxidation sites excluding steroid dienone is 2. The van der Waals surface area contributed by atoms with Crippen LogP contribution in [0.1, 0.15) is 43.7 Å². The van der Waals surface area contributed by atoms with Crippen LogP contribution in [0.25, 0.3) is 0 Å². The first-order valence-electron chi connectivity index (χ1n) is 11.2. The van der Waals surface area contributed by atoms with Gasteiger partial charge < -0.3 is 19.1 Å². The van der Waals surface area contributed by atoms with Gasteiger partial charge in [0.1, 0.15) is 0 Å². The standard InChI is InChI=1S/C27H33NO4/c1-5-10-23-26(27(29)32-6-2)22(21-11-8-7-9-12-21)16-18-28(23)17-15-20-13-14-24(30-3)25(19-20)31-4/h7-9,11-14,16,18-19,22H,5-6,10,15,17H2,1-4H3/t22-/m0/s1. The highest BCUT2D eigenvalue weighted by Gasteiger charge is 2.30. The smallest absolute Gasteiger partial charge is 0.336 e. The van der Waals surface area contributed by atoms with E-state index in [-0.39, 0.29) is 11.9 Å². The first-order valence-corrected chi connectivity index (χ1v) is 11.2. The van der Waals surface area contributed by atoms with E-state index in [0.717, 1.165) is 59.7 Å². The number of carbonyl (C=O) groups is 1. The summed E-state index contributed by atoms with van der Waals surface area (Å²) in [6.45, 7) is 5.10. The average molecular weight is 436 g/mol. The quantitative estimate of drug-likeness (QED) is 0.463. The molecule has 0 radical (unpaired) electrons. The van der Waals surface area contributed by atoms with Crippen LogP contribution >= 0.6 is 0 Å². The molecule has 2 aromatic carbocycles. The lowest BCUT2D eigenvalue weighted by Gasteiger charge is -2.33. The van der Waals surface area contributed by atoms with Crippen molar-refractivity contribution >= 4 is 5.97 Å². The Labute approximate surface area is 191 Å². The van der Waals surface area contributed by atoms with Crippen LogP contribution in [0.2, 0.25) is 0 Å². The van der Waals surface area contributed by atoms with Gasteiger partial charge >= 0.3 is 5.97 Å². The molecule has 0 amide bonds. The molecule has 0 spiro atoms. The van der Waals surface area contributed by atoms with E-state index in [2.05, 4.69) is 42.3 Å². The molecule has 5 nitrogen and oxygen atoms in total. The summed E-state index contributed by atoms with van der Waals surface area (Å²) in [6, 6.07) is 16.1. The second kappa shape index (κ2) is 11.4. The Morgan fingerprint density at radius 2 is 1.72 bits per heavy atom. The second-order valence-corrected chi connectivity index (χ2v) is 7.69. The van der Waals surface area contributed by atoms with Crippen LogP contribution in [0.4, 0.5) is 0 Å².